The maximum absolute atomic E-state index is 12.7. The zero-order chi connectivity index (χ0) is 22.3. The van der Waals surface area contributed by atoms with Crippen molar-refractivity contribution in [3.63, 3.8) is 0 Å². The summed E-state index contributed by atoms with van der Waals surface area (Å²) in [6.07, 6.45) is 0.944. The molecule has 0 aliphatic heterocycles. The van der Waals surface area contributed by atoms with Gasteiger partial charge in [0.25, 0.3) is 5.91 Å². The van der Waals surface area contributed by atoms with E-state index >= 15 is 0 Å². The third-order valence-corrected chi connectivity index (χ3v) is 4.37. The Balaban J connectivity index is 2.29. The first-order chi connectivity index (χ1) is 14.3. The van der Waals surface area contributed by atoms with Gasteiger partial charge >= 0.3 is 7.12 Å². The summed E-state index contributed by atoms with van der Waals surface area (Å²) in [5.41, 5.74) is 1.28. The Bertz CT molecular complexity index is 947. The SMILES string of the molecule is COc1cc(NC(=O)c2ccc(B(O)O)c(C=O)c2)c(OC)cc1CCNC(C)=O. The highest BCUT2D eigenvalue weighted by molar-refractivity contribution is 6.60. The van der Waals surface area contributed by atoms with Crippen molar-refractivity contribution in [2.75, 3.05) is 26.1 Å². The molecular weight excluding hydrogens is 391 g/mol. The molecule has 0 unspecified atom stereocenters. The third kappa shape index (κ3) is 5.59. The second-order valence-corrected chi connectivity index (χ2v) is 6.39. The van der Waals surface area contributed by atoms with Gasteiger partial charge in [0, 0.05) is 30.7 Å². The highest BCUT2D eigenvalue weighted by Crippen LogP contribution is 2.33. The first-order valence-corrected chi connectivity index (χ1v) is 9.06. The Hall–Kier alpha value is -3.37. The largest absolute Gasteiger partial charge is 0.496 e. The number of nitrogens with one attached hydrogen (secondary N) is 2. The Labute approximate surface area is 174 Å². The lowest BCUT2D eigenvalue weighted by atomic mass is 9.77. The van der Waals surface area contributed by atoms with Gasteiger partial charge in [-0.1, -0.05) is 6.07 Å². The molecule has 0 fully saturated rings. The van der Waals surface area contributed by atoms with E-state index in [0.29, 0.717) is 36.4 Å². The second-order valence-electron chi connectivity index (χ2n) is 6.39. The van der Waals surface area contributed by atoms with Crippen LogP contribution in [0.2, 0.25) is 0 Å². The molecule has 0 aromatic heterocycles. The minimum Gasteiger partial charge on any atom is -0.496 e. The number of amides is 2. The molecule has 2 rings (SSSR count). The topological polar surface area (TPSA) is 134 Å². The number of hydrogen-bond donors (Lipinski definition) is 4. The fourth-order valence-corrected chi connectivity index (χ4v) is 2.87. The fraction of sp³-hybridized carbons (Fsp3) is 0.250. The predicted octanol–water partition coefficient (Wildman–Crippen LogP) is 0.127. The van der Waals surface area contributed by atoms with Crippen molar-refractivity contribution < 1.29 is 33.9 Å². The Morgan fingerprint density at radius 3 is 2.37 bits per heavy atom. The van der Waals surface area contributed by atoms with Gasteiger partial charge in [-0.3, -0.25) is 14.4 Å². The van der Waals surface area contributed by atoms with Crippen LogP contribution in [-0.4, -0.2) is 56.0 Å². The molecule has 0 aliphatic rings. The molecule has 0 heterocycles. The molecule has 0 saturated carbocycles. The van der Waals surface area contributed by atoms with Crippen LogP contribution in [0, 0.1) is 0 Å². The number of ether oxygens (including phenoxy) is 2. The van der Waals surface area contributed by atoms with Gasteiger partial charge in [-0.25, -0.2) is 0 Å². The van der Waals surface area contributed by atoms with Crippen molar-refractivity contribution >= 4 is 36.4 Å². The van der Waals surface area contributed by atoms with Crippen molar-refractivity contribution in [1.82, 2.24) is 5.32 Å². The lowest BCUT2D eigenvalue weighted by molar-refractivity contribution is -0.118. The smallest absolute Gasteiger partial charge is 0.489 e. The van der Waals surface area contributed by atoms with Crippen LogP contribution < -0.4 is 25.6 Å². The van der Waals surface area contributed by atoms with Crippen LogP contribution in [0.1, 0.15) is 33.2 Å². The van der Waals surface area contributed by atoms with Crippen LogP contribution in [0.15, 0.2) is 30.3 Å². The van der Waals surface area contributed by atoms with E-state index in [2.05, 4.69) is 10.6 Å². The Kier molecular flexibility index (Phi) is 7.96. The highest BCUT2D eigenvalue weighted by Gasteiger charge is 2.19. The van der Waals surface area contributed by atoms with Crippen molar-refractivity contribution in [1.29, 1.82) is 0 Å². The number of rotatable bonds is 9. The number of hydrogen-bond acceptors (Lipinski definition) is 7. The maximum Gasteiger partial charge on any atom is 0.489 e. The Morgan fingerprint density at radius 1 is 1.10 bits per heavy atom. The van der Waals surface area contributed by atoms with E-state index in [4.69, 9.17) is 9.47 Å². The monoisotopic (exact) mass is 414 g/mol. The van der Waals surface area contributed by atoms with Gasteiger partial charge in [0.1, 0.15) is 17.8 Å². The summed E-state index contributed by atoms with van der Waals surface area (Å²) in [6, 6.07) is 7.25. The zero-order valence-corrected chi connectivity index (χ0v) is 16.9. The minimum atomic E-state index is -1.82. The van der Waals surface area contributed by atoms with E-state index in [-0.39, 0.29) is 22.5 Å². The van der Waals surface area contributed by atoms with Gasteiger partial charge in [-0.2, -0.15) is 0 Å². The molecule has 0 spiro atoms. The average molecular weight is 414 g/mol. The average Bonchev–Trinajstić information content (AvgIpc) is 2.73. The van der Waals surface area contributed by atoms with E-state index in [0.717, 1.165) is 5.56 Å². The summed E-state index contributed by atoms with van der Waals surface area (Å²) in [6.45, 7) is 1.85. The molecule has 0 aliphatic carbocycles. The summed E-state index contributed by atoms with van der Waals surface area (Å²) in [5.74, 6) is 0.228. The Morgan fingerprint density at radius 2 is 1.80 bits per heavy atom. The van der Waals surface area contributed by atoms with Gasteiger partial charge in [0.15, 0.2) is 0 Å². The first-order valence-electron chi connectivity index (χ1n) is 9.06. The molecule has 10 heteroatoms. The molecule has 0 radical (unpaired) electrons. The summed E-state index contributed by atoms with van der Waals surface area (Å²) in [4.78, 5) is 34.9. The van der Waals surface area contributed by atoms with Gasteiger partial charge in [-0.05, 0) is 35.6 Å². The number of aldehydes is 1. The standard InChI is InChI=1S/C20H23BN2O7/c1-12(25)22-7-6-13-9-19(30-3)17(10-18(13)29-2)23-20(26)14-4-5-16(21(27)28)15(8-14)11-24/h4-5,8-11,27-28H,6-7H2,1-3H3,(H,22,25)(H,23,26). The molecule has 0 bridgehead atoms. The molecular formula is C20H23BN2O7. The van der Waals surface area contributed by atoms with E-state index in [9.17, 15) is 24.4 Å². The van der Waals surface area contributed by atoms with Crippen molar-refractivity contribution in [2.24, 2.45) is 0 Å². The highest BCUT2D eigenvalue weighted by atomic mass is 16.5. The van der Waals surface area contributed by atoms with Gasteiger partial charge in [-0.15, -0.1) is 0 Å². The normalized spacial score (nSPS) is 10.2. The van der Waals surface area contributed by atoms with Crippen molar-refractivity contribution in [3.05, 3.63) is 47.0 Å². The molecule has 4 N–H and O–H groups in total. The summed E-state index contributed by atoms with van der Waals surface area (Å²) < 4.78 is 10.8. The van der Waals surface area contributed by atoms with Crippen LogP contribution in [0.25, 0.3) is 0 Å². The molecule has 158 valence electrons. The zero-order valence-electron chi connectivity index (χ0n) is 16.9. The lowest BCUT2D eigenvalue weighted by Gasteiger charge is -2.16. The molecule has 2 aromatic carbocycles. The van der Waals surface area contributed by atoms with E-state index in [1.54, 1.807) is 12.1 Å². The van der Waals surface area contributed by atoms with Crippen LogP contribution in [0.5, 0.6) is 11.5 Å². The summed E-state index contributed by atoms with van der Waals surface area (Å²) in [7, 11) is 1.12. The fourth-order valence-electron chi connectivity index (χ4n) is 2.87. The van der Waals surface area contributed by atoms with E-state index in [1.807, 2.05) is 0 Å². The molecule has 2 aromatic rings. The summed E-state index contributed by atoms with van der Waals surface area (Å²) >= 11 is 0. The number of carbonyl (C=O) groups is 3. The number of anilines is 1. The van der Waals surface area contributed by atoms with Crippen molar-refractivity contribution in [2.45, 2.75) is 13.3 Å². The second kappa shape index (κ2) is 10.4. The molecule has 30 heavy (non-hydrogen) atoms. The van der Waals surface area contributed by atoms with E-state index in [1.165, 1.54) is 39.3 Å². The van der Waals surface area contributed by atoms with Crippen LogP contribution in [0.4, 0.5) is 5.69 Å². The number of benzene rings is 2. The summed E-state index contributed by atoms with van der Waals surface area (Å²) in [5, 5.41) is 24.0. The minimum absolute atomic E-state index is 0.00400. The molecule has 9 nitrogen and oxygen atoms in total. The first kappa shape index (κ1) is 22.9. The predicted molar refractivity (Wildman–Crippen MR) is 112 cm³/mol. The molecule has 0 atom stereocenters. The van der Waals surface area contributed by atoms with E-state index < -0.39 is 13.0 Å². The van der Waals surface area contributed by atoms with Gasteiger partial charge in [0.2, 0.25) is 5.91 Å². The van der Waals surface area contributed by atoms with Gasteiger partial charge in [0.05, 0.1) is 19.9 Å². The number of carbonyl (C=O) groups excluding carboxylic acids is 3. The molecule has 0 saturated heterocycles. The maximum atomic E-state index is 12.7. The lowest BCUT2D eigenvalue weighted by Crippen LogP contribution is -2.33. The number of methoxy groups -OCH3 is 2. The van der Waals surface area contributed by atoms with Crippen molar-refractivity contribution in [3.8, 4) is 11.5 Å². The third-order valence-electron chi connectivity index (χ3n) is 4.37. The van der Waals surface area contributed by atoms with Crippen LogP contribution >= 0.6 is 0 Å². The molecule has 2 amide bonds. The van der Waals surface area contributed by atoms with Gasteiger partial charge < -0.3 is 30.2 Å². The van der Waals surface area contributed by atoms with Crippen LogP contribution in [0.3, 0.4) is 0 Å². The quantitative estimate of drug-likeness (QED) is 0.338. The van der Waals surface area contributed by atoms with Crippen LogP contribution in [-0.2, 0) is 11.2 Å².